The number of rotatable bonds is 4. The number of hydrogen-bond acceptors (Lipinski definition) is 4. The van der Waals surface area contributed by atoms with E-state index in [0.29, 0.717) is 12.4 Å². The molecule has 2 nitrogen and oxygen atoms in total. The van der Waals surface area contributed by atoms with Gasteiger partial charge >= 0.3 is 5.97 Å². The van der Waals surface area contributed by atoms with Crippen LogP contribution in [-0.4, -0.2) is 24.6 Å². The standard InChI is InChI=1S/C5H10O2S2/c1-3-7-5(6)4-9-8-2/h3-4H2,1-2H3. The van der Waals surface area contributed by atoms with Crippen molar-refractivity contribution in [2.75, 3.05) is 18.6 Å². The SMILES string of the molecule is CCOC(=O)CSSC. The van der Waals surface area contributed by atoms with E-state index in [1.54, 1.807) is 10.8 Å². The molecule has 0 aliphatic carbocycles. The Morgan fingerprint density at radius 2 is 2.33 bits per heavy atom. The predicted octanol–water partition coefficient (Wildman–Crippen LogP) is 1.56. The van der Waals surface area contributed by atoms with Crippen molar-refractivity contribution in [3.8, 4) is 0 Å². The van der Waals surface area contributed by atoms with Crippen LogP contribution in [0.25, 0.3) is 0 Å². The highest BCUT2D eigenvalue weighted by Crippen LogP contribution is 2.15. The molecule has 0 bridgehead atoms. The maximum Gasteiger partial charge on any atom is 0.316 e. The molecule has 54 valence electrons. The molecule has 0 unspecified atom stereocenters. The molecular weight excluding hydrogens is 156 g/mol. The fraction of sp³-hybridized carbons (Fsp3) is 0.800. The molecule has 0 heterocycles. The highest BCUT2D eigenvalue weighted by molar-refractivity contribution is 8.76. The zero-order chi connectivity index (χ0) is 7.11. The smallest absolute Gasteiger partial charge is 0.316 e. The largest absolute Gasteiger partial charge is 0.465 e. The second-order valence-corrected chi connectivity index (χ2v) is 3.80. The molecule has 0 radical (unpaired) electrons. The quantitative estimate of drug-likeness (QED) is 0.467. The van der Waals surface area contributed by atoms with E-state index in [1.165, 1.54) is 10.8 Å². The second-order valence-electron chi connectivity index (χ2n) is 1.23. The van der Waals surface area contributed by atoms with Gasteiger partial charge in [0.25, 0.3) is 0 Å². The Hall–Kier alpha value is 0.170. The molecule has 9 heavy (non-hydrogen) atoms. The minimum absolute atomic E-state index is 0.128. The summed E-state index contributed by atoms with van der Waals surface area (Å²) in [6.07, 6.45) is 1.93. The van der Waals surface area contributed by atoms with Gasteiger partial charge in [-0.05, 0) is 13.2 Å². The summed E-state index contributed by atoms with van der Waals surface area (Å²) >= 11 is 0. The van der Waals surface area contributed by atoms with E-state index in [1.807, 2.05) is 13.2 Å². The highest BCUT2D eigenvalue weighted by Gasteiger charge is 1.98. The maximum atomic E-state index is 10.5. The first-order chi connectivity index (χ1) is 4.31. The van der Waals surface area contributed by atoms with Crippen molar-refractivity contribution >= 4 is 27.6 Å². The molecule has 0 N–H and O–H groups in total. The monoisotopic (exact) mass is 166 g/mol. The van der Waals surface area contributed by atoms with E-state index in [2.05, 4.69) is 4.74 Å². The first-order valence-electron chi connectivity index (χ1n) is 2.62. The summed E-state index contributed by atoms with van der Waals surface area (Å²) in [4.78, 5) is 10.5. The molecular formula is C5H10O2S2. The van der Waals surface area contributed by atoms with Crippen LogP contribution >= 0.6 is 21.6 Å². The lowest BCUT2D eigenvalue weighted by Gasteiger charge is -1.97. The van der Waals surface area contributed by atoms with Gasteiger partial charge in [-0.3, -0.25) is 4.79 Å². The van der Waals surface area contributed by atoms with Crippen molar-refractivity contribution in [1.82, 2.24) is 0 Å². The second kappa shape index (κ2) is 6.29. The average Bonchev–Trinajstić information content (AvgIpc) is 1.85. The molecule has 0 fully saturated rings. The molecule has 0 aromatic carbocycles. The molecule has 4 heteroatoms. The van der Waals surface area contributed by atoms with E-state index >= 15 is 0 Å². The summed E-state index contributed by atoms with van der Waals surface area (Å²) < 4.78 is 4.67. The van der Waals surface area contributed by atoms with Gasteiger partial charge in [0.2, 0.25) is 0 Å². The summed E-state index contributed by atoms with van der Waals surface area (Å²) in [5.41, 5.74) is 0. The van der Waals surface area contributed by atoms with Gasteiger partial charge in [0.15, 0.2) is 0 Å². The summed E-state index contributed by atoms with van der Waals surface area (Å²) in [5.74, 6) is 0.325. The van der Waals surface area contributed by atoms with Crippen molar-refractivity contribution in [1.29, 1.82) is 0 Å². The number of ether oxygens (including phenoxy) is 1. The van der Waals surface area contributed by atoms with Gasteiger partial charge in [-0.2, -0.15) is 0 Å². The van der Waals surface area contributed by atoms with Crippen LogP contribution in [0.1, 0.15) is 6.92 Å². The predicted molar refractivity (Wildman–Crippen MR) is 42.6 cm³/mol. The van der Waals surface area contributed by atoms with E-state index in [-0.39, 0.29) is 5.97 Å². The average molecular weight is 166 g/mol. The molecule has 0 aliphatic rings. The fourth-order valence-electron chi connectivity index (χ4n) is 0.310. The molecule has 0 aromatic rings. The van der Waals surface area contributed by atoms with Crippen LogP contribution in [0.2, 0.25) is 0 Å². The van der Waals surface area contributed by atoms with Crippen LogP contribution in [-0.2, 0) is 9.53 Å². The van der Waals surface area contributed by atoms with Gasteiger partial charge in [-0.15, -0.1) is 0 Å². The third kappa shape index (κ3) is 6.05. The molecule has 0 rings (SSSR count). The van der Waals surface area contributed by atoms with Gasteiger partial charge in [-0.1, -0.05) is 21.6 Å². The van der Waals surface area contributed by atoms with E-state index in [0.717, 1.165) is 0 Å². The molecule has 0 aromatic heterocycles. The molecule has 0 aliphatic heterocycles. The van der Waals surface area contributed by atoms with Crippen LogP contribution in [0, 0.1) is 0 Å². The van der Waals surface area contributed by atoms with E-state index in [4.69, 9.17) is 0 Å². The fourth-order valence-corrected chi connectivity index (χ4v) is 1.25. The molecule has 0 amide bonds. The van der Waals surface area contributed by atoms with Crippen LogP contribution in [0.4, 0.5) is 0 Å². The first-order valence-corrected chi connectivity index (χ1v) is 5.35. The lowest BCUT2D eigenvalue weighted by Crippen LogP contribution is -2.05. The van der Waals surface area contributed by atoms with Crippen molar-refractivity contribution in [3.63, 3.8) is 0 Å². The third-order valence-corrected chi connectivity index (χ3v) is 2.25. The van der Waals surface area contributed by atoms with Crippen molar-refractivity contribution in [2.45, 2.75) is 6.92 Å². The zero-order valence-corrected chi connectivity index (χ0v) is 7.18. The molecule has 0 spiro atoms. The Labute approximate surface area is 63.1 Å². The summed E-state index contributed by atoms with van der Waals surface area (Å²) in [7, 11) is 3.07. The Balaban J connectivity index is 3.06. The zero-order valence-electron chi connectivity index (χ0n) is 5.55. The van der Waals surface area contributed by atoms with Gasteiger partial charge in [0.1, 0.15) is 5.75 Å². The van der Waals surface area contributed by atoms with Gasteiger partial charge < -0.3 is 4.74 Å². The Kier molecular flexibility index (Phi) is 6.41. The minimum atomic E-state index is -0.128. The minimum Gasteiger partial charge on any atom is -0.465 e. The van der Waals surface area contributed by atoms with Crippen LogP contribution in [0.15, 0.2) is 0 Å². The number of carbonyl (C=O) groups excluding carboxylic acids is 1. The van der Waals surface area contributed by atoms with Gasteiger partial charge in [0, 0.05) is 0 Å². The molecule has 0 atom stereocenters. The van der Waals surface area contributed by atoms with Crippen molar-refractivity contribution < 1.29 is 9.53 Å². The van der Waals surface area contributed by atoms with E-state index < -0.39 is 0 Å². The number of carbonyl (C=O) groups is 1. The van der Waals surface area contributed by atoms with Crippen LogP contribution in [0.5, 0.6) is 0 Å². The normalized spacial score (nSPS) is 9.11. The topological polar surface area (TPSA) is 26.3 Å². The number of esters is 1. The summed E-state index contributed by atoms with van der Waals surface area (Å²) in [6, 6.07) is 0. The Bertz CT molecular complexity index is 85.0. The van der Waals surface area contributed by atoms with Crippen molar-refractivity contribution in [3.05, 3.63) is 0 Å². The van der Waals surface area contributed by atoms with Gasteiger partial charge in [-0.25, -0.2) is 0 Å². The van der Waals surface area contributed by atoms with Gasteiger partial charge in [0.05, 0.1) is 6.61 Å². The highest BCUT2D eigenvalue weighted by atomic mass is 33.1. The first kappa shape index (κ1) is 9.17. The lowest BCUT2D eigenvalue weighted by atomic mass is 10.8. The molecule has 0 saturated heterocycles. The van der Waals surface area contributed by atoms with E-state index in [9.17, 15) is 4.79 Å². The maximum absolute atomic E-state index is 10.5. The van der Waals surface area contributed by atoms with Crippen LogP contribution < -0.4 is 0 Å². The Morgan fingerprint density at radius 1 is 1.67 bits per heavy atom. The Morgan fingerprint density at radius 3 is 2.78 bits per heavy atom. The summed E-state index contributed by atoms with van der Waals surface area (Å²) in [5, 5.41) is 0. The molecule has 0 saturated carbocycles. The third-order valence-electron chi connectivity index (χ3n) is 0.600. The van der Waals surface area contributed by atoms with Crippen molar-refractivity contribution in [2.24, 2.45) is 0 Å². The number of hydrogen-bond donors (Lipinski definition) is 0. The summed E-state index contributed by atoms with van der Waals surface area (Å²) in [6.45, 7) is 2.29. The lowest BCUT2D eigenvalue weighted by molar-refractivity contribution is -0.139. The van der Waals surface area contributed by atoms with Crippen LogP contribution in [0.3, 0.4) is 0 Å².